The highest BCUT2D eigenvalue weighted by molar-refractivity contribution is 9.10. The maximum Gasteiger partial charge on any atom is 0.354 e. The number of pyridine rings is 1. The molecule has 6 heteroatoms. The van der Waals surface area contributed by atoms with E-state index in [1.165, 1.54) is 24.0 Å². The van der Waals surface area contributed by atoms with Crippen molar-refractivity contribution in [2.45, 2.75) is 9.79 Å². The van der Waals surface area contributed by atoms with Crippen LogP contribution in [-0.2, 0) is 0 Å². The molecular formula is C13H7BrN2O2S. The van der Waals surface area contributed by atoms with E-state index in [1.807, 2.05) is 12.1 Å². The molecule has 1 aromatic heterocycles. The first-order valence-corrected chi connectivity index (χ1v) is 6.78. The van der Waals surface area contributed by atoms with Crippen molar-refractivity contribution < 1.29 is 9.90 Å². The molecule has 2 rings (SSSR count). The topological polar surface area (TPSA) is 74.0 Å². The Bertz CT molecular complexity index is 683. The van der Waals surface area contributed by atoms with Gasteiger partial charge in [0.1, 0.15) is 11.8 Å². The van der Waals surface area contributed by atoms with E-state index in [1.54, 1.807) is 12.1 Å². The number of carboxylic acids is 1. The number of nitrogens with zero attached hydrogens (tertiary/aromatic N) is 2. The predicted molar refractivity (Wildman–Crippen MR) is 74.2 cm³/mol. The van der Waals surface area contributed by atoms with Crippen molar-refractivity contribution in [3.05, 3.63) is 52.3 Å². The van der Waals surface area contributed by atoms with E-state index in [2.05, 4.69) is 27.0 Å². The Morgan fingerprint density at radius 2 is 2.16 bits per heavy atom. The van der Waals surface area contributed by atoms with E-state index in [-0.39, 0.29) is 5.69 Å². The van der Waals surface area contributed by atoms with Crippen LogP contribution in [0.3, 0.4) is 0 Å². The third-order valence-electron chi connectivity index (χ3n) is 2.24. The van der Waals surface area contributed by atoms with Crippen molar-refractivity contribution in [2.75, 3.05) is 0 Å². The molecule has 0 radical (unpaired) electrons. The highest BCUT2D eigenvalue weighted by Crippen LogP contribution is 2.31. The van der Waals surface area contributed by atoms with Crippen LogP contribution >= 0.6 is 27.7 Å². The SMILES string of the molecule is N#Cc1cc(Br)ccc1Sc1ccnc(C(=O)O)c1. The summed E-state index contributed by atoms with van der Waals surface area (Å²) in [4.78, 5) is 16.1. The highest BCUT2D eigenvalue weighted by atomic mass is 79.9. The molecule has 1 heterocycles. The second-order valence-electron chi connectivity index (χ2n) is 3.54. The average molecular weight is 335 g/mol. The summed E-state index contributed by atoms with van der Waals surface area (Å²) in [5, 5.41) is 18.0. The van der Waals surface area contributed by atoms with Gasteiger partial charge in [-0.1, -0.05) is 27.7 Å². The lowest BCUT2D eigenvalue weighted by atomic mass is 10.2. The van der Waals surface area contributed by atoms with E-state index in [4.69, 9.17) is 10.4 Å². The van der Waals surface area contributed by atoms with Crippen LogP contribution in [-0.4, -0.2) is 16.1 Å². The number of benzene rings is 1. The smallest absolute Gasteiger partial charge is 0.354 e. The minimum absolute atomic E-state index is 0.0133. The number of hydrogen-bond acceptors (Lipinski definition) is 4. The number of nitriles is 1. The molecule has 0 atom stereocenters. The van der Waals surface area contributed by atoms with Gasteiger partial charge in [0.2, 0.25) is 0 Å². The molecular weight excluding hydrogens is 328 g/mol. The molecule has 0 spiro atoms. The molecule has 0 bridgehead atoms. The standard InChI is InChI=1S/C13H7BrN2O2S/c14-9-1-2-12(8(5-9)7-15)19-10-3-4-16-11(6-10)13(17)18/h1-6H,(H,17,18). The summed E-state index contributed by atoms with van der Waals surface area (Å²) >= 11 is 4.64. The number of carbonyl (C=O) groups is 1. The van der Waals surface area contributed by atoms with Crippen molar-refractivity contribution in [2.24, 2.45) is 0 Å². The lowest BCUT2D eigenvalue weighted by Gasteiger charge is -2.05. The van der Waals surface area contributed by atoms with Crippen molar-refractivity contribution in [1.29, 1.82) is 5.26 Å². The molecule has 0 amide bonds. The van der Waals surface area contributed by atoms with Crippen molar-refractivity contribution in [3.63, 3.8) is 0 Å². The molecule has 0 saturated heterocycles. The van der Waals surface area contributed by atoms with Gasteiger partial charge in [-0.2, -0.15) is 5.26 Å². The fraction of sp³-hybridized carbons (Fsp3) is 0. The number of rotatable bonds is 3. The lowest BCUT2D eigenvalue weighted by Crippen LogP contribution is -1.99. The maximum absolute atomic E-state index is 10.8. The summed E-state index contributed by atoms with van der Waals surface area (Å²) in [7, 11) is 0. The third kappa shape index (κ3) is 3.34. The third-order valence-corrected chi connectivity index (χ3v) is 3.80. The predicted octanol–water partition coefficient (Wildman–Crippen LogP) is 3.57. The minimum Gasteiger partial charge on any atom is -0.477 e. The van der Waals surface area contributed by atoms with E-state index in [9.17, 15) is 4.79 Å². The van der Waals surface area contributed by atoms with Crippen LogP contribution in [0.1, 0.15) is 16.1 Å². The molecule has 4 nitrogen and oxygen atoms in total. The first-order valence-electron chi connectivity index (χ1n) is 5.17. The summed E-state index contributed by atoms with van der Waals surface area (Å²) < 4.78 is 0.828. The van der Waals surface area contributed by atoms with E-state index < -0.39 is 5.97 Å². The second kappa shape index (κ2) is 5.87. The van der Waals surface area contributed by atoms with Crippen LogP contribution in [0.5, 0.6) is 0 Å². The number of hydrogen-bond donors (Lipinski definition) is 1. The lowest BCUT2D eigenvalue weighted by molar-refractivity contribution is 0.0690. The molecule has 1 N–H and O–H groups in total. The number of halogens is 1. The minimum atomic E-state index is -1.07. The van der Waals surface area contributed by atoms with Crippen LogP contribution in [0.4, 0.5) is 0 Å². The summed E-state index contributed by atoms with van der Waals surface area (Å²) in [5.74, 6) is -1.07. The number of aromatic carboxylic acids is 1. The molecule has 0 aliphatic heterocycles. The van der Waals surface area contributed by atoms with Crippen LogP contribution < -0.4 is 0 Å². The van der Waals surface area contributed by atoms with E-state index >= 15 is 0 Å². The van der Waals surface area contributed by atoms with E-state index in [0.717, 1.165) is 14.3 Å². The molecule has 0 fully saturated rings. The first kappa shape index (κ1) is 13.6. The molecule has 19 heavy (non-hydrogen) atoms. The van der Waals surface area contributed by atoms with Gasteiger partial charge in [-0.3, -0.25) is 0 Å². The first-order chi connectivity index (χ1) is 9.10. The van der Waals surface area contributed by atoms with Gasteiger partial charge in [0.15, 0.2) is 0 Å². The highest BCUT2D eigenvalue weighted by Gasteiger charge is 2.08. The van der Waals surface area contributed by atoms with Gasteiger partial charge in [0.05, 0.1) is 5.56 Å². The zero-order valence-corrected chi connectivity index (χ0v) is 11.9. The van der Waals surface area contributed by atoms with Crippen LogP contribution in [0.15, 0.2) is 50.8 Å². The van der Waals surface area contributed by atoms with Crippen molar-refractivity contribution >= 4 is 33.7 Å². The monoisotopic (exact) mass is 334 g/mol. The Kier molecular flexibility index (Phi) is 4.20. The molecule has 0 unspecified atom stereocenters. The summed E-state index contributed by atoms with van der Waals surface area (Å²) in [6.07, 6.45) is 1.44. The molecule has 1 aromatic carbocycles. The summed E-state index contributed by atoms with van der Waals surface area (Å²) in [5.41, 5.74) is 0.522. The fourth-order valence-corrected chi connectivity index (χ4v) is 2.66. The Hall–Kier alpha value is -1.84. The molecule has 94 valence electrons. The fourth-order valence-electron chi connectivity index (χ4n) is 1.40. The van der Waals surface area contributed by atoms with E-state index in [0.29, 0.717) is 5.56 Å². The Morgan fingerprint density at radius 3 is 2.84 bits per heavy atom. The van der Waals surface area contributed by atoms with Gasteiger partial charge in [-0.15, -0.1) is 0 Å². The average Bonchev–Trinajstić information content (AvgIpc) is 2.41. The van der Waals surface area contributed by atoms with Gasteiger partial charge in [-0.05, 0) is 30.3 Å². The maximum atomic E-state index is 10.8. The van der Waals surface area contributed by atoms with Gasteiger partial charge in [0, 0.05) is 20.5 Å². The number of aromatic nitrogens is 1. The van der Waals surface area contributed by atoms with Gasteiger partial charge < -0.3 is 5.11 Å². The zero-order chi connectivity index (χ0) is 13.8. The van der Waals surface area contributed by atoms with Gasteiger partial charge in [-0.25, -0.2) is 9.78 Å². The molecule has 0 saturated carbocycles. The molecule has 0 aliphatic rings. The van der Waals surface area contributed by atoms with Crippen molar-refractivity contribution in [1.82, 2.24) is 4.98 Å². The summed E-state index contributed by atoms with van der Waals surface area (Å²) in [6.45, 7) is 0. The largest absolute Gasteiger partial charge is 0.477 e. The summed E-state index contributed by atoms with van der Waals surface area (Å²) in [6, 6.07) is 10.7. The quantitative estimate of drug-likeness (QED) is 0.928. The van der Waals surface area contributed by atoms with Gasteiger partial charge >= 0.3 is 5.97 Å². The second-order valence-corrected chi connectivity index (χ2v) is 5.57. The Balaban J connectivity index is 2.34. The van der Waals surface area contributed by atoms with Crippen LogP contribution in [0, 0.1) is 11.3 Å². The zero-order valence-electron chi connectivity index (χ0n) is 9.50. The van der Waals surface area contributed by atoms with Crippen LogP contribution in [0.25, 0.3) is 0 Å². The normalized spacial score (nSPS) is 9.89. The molecule has 0 aliphatic carbocycles. The molecule has 2 aromatic rings. The number of carboxylic acid groups (broad SMARTS) is 1. The Labute approximate surface area is 122 Å². The Morgan fingerprint density at radius 1 is 1.37 bits per heavy atom. The van der Waals surface area contributed by atoms with Crippen molar-refractivity contribution in [3.8, 4) is 6.07 Å². The van der Waals surface area contributed by atoms with Crippen LogP contribution in [0.2, 0.25) is 0 Å². The van der Waals surface area contributed by atoms with Gasteiger partial charge in [0.25, 0.3) is 0 Å².